The second kappa shape index (κ2) is 4.65. The van der Waals surface area contributed by atoms with E-state index >= 15 is 0 Å². The average molecular weight is 305 g/mol. The summed E-state index contributed by atoms with van der Waals surface area (Å²) in [6.07, 6.45) is 1.46. The highest BCUT2D eigenvalue weighted by atomic mass is 79.9. The number of hydrogen-bond acceptors (Lipinski definition) is 1. The van der Waals surface area contributed by atoms with Crippen LogP contribution in [-0.4, -0.2) is 15.5 Å². The minimum Gasteiger partial charge on any atom is -0.383 e. The van der Waals surface area contributed by atoms with Crippen molar-refractivity contribution < 1.29 is 13.9 Å². The van der Waals surface area contributed by atoms with Crippen molar-refractivity contribution in [2.24, 2.45) is 0 Å². The van der Waals surface area contributed by atoms with Crippen molar-refractivity contribution in [1.82, 2.24) is 0 Å². The van der Waals surface area contributed by atoms with E-state index in [1.54, 1.807) is 0 Å². The maximum Gasteiger partial charge on any atom is 0.329 e. The lowest BCUT2D eigenvalue weighted by molar-refractivity contribution is -0.136. The second-order valence-electron chi connectivity index (χ2n) is 4.71. The Labute approximate surface area is 108 Å². The molecule has 1 nitrogen and oxygen atoms in total. The molecule has 0 bridgehead atoms. The highest BCUT2D eigenvalue weighted by molar-refractivity contribution is 9.10. The van der Waals surface area contributed by atoms with Crippen molar-refractivity contribution in [2.45, 2.75) is 42.0 Å². The number of halogens is 3. The fourth-order valence-corrected chi connectivity index (χ4v) is 2.83. The van der Waals surface area contributed by atoms with Crippen molar-refractivity contribution in [2.75, 3.05) is 0 Å². The molecule has 0 aromatic heterocycles. The van der Waals surface area contributed by atoms with Crippen molar-refractivity contribution >= 4 is 15.9 Å². The van der Waals surface area contributed by atoms with Crippen LogP contribution in [0.5, 0.6) is 0 Å². The fraction of sp³-hybridized carbons (Fsp3) is 0.538. The molecule has 94 valence electrons. The summed E-state index contributed by atoms with van der Waals surface area (Å²) in [6.45, 7) is 0. The van der Waals surface area contributed by atoms with E-state index < -0.39 is 10.4 Å². The summed E-state index contributed by atoms with van der Waals surface area (Å²) in [5.74, 6) is 0.284. The third-order valence-corrected chi connectivity index (χ3v) is 4.35. The van der Waals surface area contributed by atoms with E-state index in [9.17, 15) is 13.9 Å². The van der Waals surface area contributed by atoms with Crippen molar-refractivity contribution in [3.63, 3.8) is 0 Å². The molecule has 4 heteroatoms. The van der Waals surface area contributed by atoms with Gasteiger partial charge in [0.1, 0.15) is 5.60 Å². The molecule has 0 radical (unpaired) electrons. The monoisotopic (exact) mass is 304 g/mol. The summed E-state index contributed by atoms with van der Waals surface area (Å²) >= 11 is 2.29. The molecule has 0 unspecified atom stereocenters. The lowest BCUT2D eigenvalue weighted by Crippen LogP contribution is -2.46. The smallest absolute Gasteiger partial charge is 0.329 e. The normalized spacial score (nSPS) is 30.2. The van der Waals surface area contributed by atoms with Gasteiger partial charge >= 0.3 is 4.83 Å². The number of benzene rings is 1. The Kier molecular flexibility index (Phi) is 3.55. The molecule has 1 aliphatic rings. The van der Waals surface area contributed by atoms with Crippen LogP contribution in [0.15, 0.2) is 30.3 Å². The van der Waals surface area contributed by atoms with Gasteiger partial charge in [-0.3, -0.25) is 0 Å². The third kappa shape index (κ3) is 2.68. The van der Waals surface area contributed by atoms with Gasteiger partial charge in [-0.25, -0.2) is 0 Å². The first kappa shape index (κ1) is 13.0. The van der Waals surface area contributed by atoms with Gasteiger partial charge in [0.15, 0.2) is 0 Å². The van der Waals surface area contributed by atoms with E-state index in [-0.39, 0.29) is 18.8 Å². The Morgan fingerprint density at radius 2 is 1.71 bits per heavy atom. The Bertz CT molecular complexity index is 367. The SMILES string of the molecule is OC1(C(F)(F)Br)CCC(c2ccccc2)CC1. The van der Waals surface area contributed by atoms with Gasteiger partial charge in [0.25, 0.3) is 0 Å². The molecule has 1 fully saturated rings. The summed E-state index contributed by atoms with van der Waals surface area (Å²) in [6, 6.07) is 9.88. The van der Waals surface area contributed by atoms with Crippen LogP contribution < -0.4 is 0 Å². The maximum atomic E-state index is 13.2. The highest BCUT2D eigenvalue weighted by Crippen LogP contribution is 2.47. The van der Waals surface area contributed by atoms with Gasteiger partial charge in [0.05, 0.1) is 0 Å². The molecule has 0 spiro atoms. The largest absolute Gasteiger partial charge is 0.383 e. The third-order valence-electron chi connectivity index (χ3n) is 3.61. The fourth-order valence-electron chi connectivity index (χ4n) is 2.44. The number of aliphatic hydroxyl groups is 1. The van der Waals surface area contributed by atoms with E-state index in [1.165, 1.54) is 5.56 Å². The summed E-state index contributed by atoms with van der Waals surface area (Å²) in [4.78, 5) is -3.19. The van der Waals surface area contributed by atoms with E-state index in [2.05, 4.69) is 15.9 Å². The molecule has 2 rings (SSSR count). The molecular formula is C13H15BrF2O. The van der Waals surface area contributed by atoms with Crippen LogP contribution in [0.2, 0.25) is 0 Å². The van der Waals surface area contributed by atoms with E-state index in [1.807, 2.05) is 30.3 Å². The predicted molar refractivity (Wildman–Crippen MR) is 66.5 cm³/mol. The summed E-state index contributed by atoms with van der Waals surface area (Å²) in [5.41, 5.74) is -0.717. The van der Waals surface area contributed by atoms with Gasteiger partial charge in [-0.2, -0.15) is 8.78 Å². The quantitative estimate of drug-likeness (QED) is 0.817. The highest BCUT2D eigenvalue weighted by Gasteiger charge is 2.51. The molecule has 1 N–H and O–H groups in total. The molecule has 1 aromatic rings. The number of alkyl halides is 3. The molecule has 17 heavy (non-hydrogen) atoms. The summed E-state index contributed by atoms with van der Waals surface area (Å²) in [5, 5.41) is 9.88. The molecule has 0 amide bonds. The van der Waals surface area contributed by atoms with Crippen LogP contribution in [0.1, 0.15) is 37.2 Å². The van der Waals surface area contributed by atoms with Crippen molar-refractivity contribution in [3.8, 4) is 0 Å². The van der Waals surface area contributed by atoms with Crippen LogP contribution in [0.25, 0.3) is 0 Å². The minimum atomic E-state index is -3.19. The molecule has 0 saturated heterocycles. The maximum absolute atomic E-state index is 13.2. The zero-order valence-electron chi connectivity index (χ0n) is 9.37. The average Bonchev–Trinajstić information content (AvgIpc) is 2.30. The van der Waals surface area contributed by atoms with Crippen molar-refractivity contribution in [1.29, 1.82) is 0 Å². The molecule has 1 aromatic carbocycles. The van der Waals surface area contributed by atoms with E-state index in [0.29, 0.717) is 12.8 Å². The lowest BCUT2D eigenvalue weighted by Gasteiger charge is -2.38. The second-order valence-corrected chi connectivity index (χ2v) is 5.71. The van der Waals surface area contributed by atoms with Crippen LogP contribution in [0.4, 0.5) is 8.78 Å². The van der Waals surface area contributed by atoms with Crippen LogP contribution in [-0.2, 0) is 0 Å². The van der Waals surface area contributed by atoms with Crippen molar-refractivity contribution in [3.05, 3.63) is 35.9 Å². The van der Waals surface area contributed by atoms with Gasteiger partial charge in [0, 0.05) is 0 Å². The Hall–Kier alpha value is -0.480. The first-order valence-electron chi connectivity index (χ1n) is 5.76. The Balaban J connectivity index is 2.04. The van der Waals surface area contributed by atoms with Crippen LogP contribution in [0, 0.1) is 0 Å². The van der Waals surface area contributed by atoms with Gasteiger partial charge in [-0.1, -0.05) is 30.3 Å². The van der Waals surface area contributed by atoms with E-state index in [4.69, 9.17) is 0 Å². The molecule has 1 saturated carbocycles. The number of hydrogen-bond donors (Lipinski definition) is 1. The first-order chi connectivity index (χ1) is 7.92. The lowest BCUT2D eigenvalue weighted by atomic mass is 9.76. The first-order valence-corrected chi connectivity index (χ1v) is 6.56. The van der Waals surface area contributed by atoms with Gasteiger partial charge in [0.2, 0.25) is 0 Å². The molecule has 1 aliphatic carbocycles. The molecule has 0 heterocycles. The Morgan fingerprint density at radius 1 is 1.18 bits per heavy atom. The molecule has 0 aliphatic heterocycles. The predicted octanol–water partition coefficient (Wildman–Crippen LogP) is 4.06. The summed E-state index contributed by atoms with van der Waals surface area (Å²) < 4.78 is 26.4. The minimum absolute atomic E-state index is 0.130. The van der Waals surface area contributed by atoms with Crippen LogP contribution in [0.3, 0.4) is 0 Å². The molecular weight excluding hydrogens is 290 g/mol. The van der Waals surface area contributed by atoms with Gasteiger partial charge in [-0.05, 0) is 53.1 Å². The van der Waals surface area contributed by atoms with Gasteiger partial charge < -0.3 is 5.11 Å². The Morgan fingerprint density at radius 3 is 2.18 bits per heavy atom. The zero-order valence-corrected chi connectivity index (χ0v) is 11.0. The van der Waals surface area contributed by atoms with E-state index in [0.717, 1.165) is 0 Å². The topological polar surface area (TPSA) is 20.2 Å². The van der Waals surface area contributed by atoms with Crippen LogP contribution >= 0.6 is 15.9 Å². The standard InChI is InChI=1S/C13H15BrF2O/c14-13(15,16)12(17)8-6-11(7-9-12)10-4-2-1-3-5-10/h1-5,11,17H,6-9H2. The summed E-state index contributed by atoms with van der Waals surface area (Å²) in [7, 11) is 0. The number of rotatable bonds is 2. The van der Waals surface area contributed by atoms with Gasteiger partial charge in [-0.15, -0.1) is 0 Å². The zero-order chi connectivity index (χ0) is 12.5. The molecule has 0 atom stereocenters.